The Bertz CT molecular complexity index is 1010. The number of azo groups is 2. The van der Waals surface area contributed by atoms with Gasteiger partial charge in [0.2, 0.25) is 0 Å². The Labute approximate surface area is 179 Å². The molecule has 31 heavy (non-hydrogen) atoms. The van der Waals surface area contributed by atoms with Crippen molar-refractivity contribution in [3.8, 4) is 0 Å². The number of benzene rings is 3. The fraction of sp³-hybridized carbons (Fsp3) is 0.250. The van der Waals surface area contributed by atoms with Gasteiger partial charge in [0.1, 0.15) is 0 Å². The Hall–Kier alpha value is -3.35. The van der Waals surface area contributed by atoms with E-state index in [2.05, 4.69) is 39.5 Å². The molecule has 0 spiro atoms. The molecule has 0 radical (unpaired) electrons. The van der Waals surface area contributed by atoms with E-state index >= 15 is 0 Å². The molecule has 0 aliphatic heterocycles. The highest BCUT2D eigenvalue weighted by Gasteiger charge is 2.29. The highest BCUT2D eigenvalue weighted by atomic mass is 19.4. The summed E-state index contributed by atoms with van der Waals surface area (Å²) >= 11 is 0. The maximum atomic E-state index is 12.6. The summed E-state index contributed by atoms with van der Waals surface area (Å²) in [4.78, 5) is 0. The predicted octanol–water partition coefficient (Wildman–Crippen LogP) is 9.27. The first-order valence-electron chi connectivity index (χ1n) is 10.1. The molecule has 0 heterocycles. The second-order valence-corrected chi connectivity index (χ2v) is 7.08. The molecule has 4 nitrogen and oxygen atoms in total. The average molecular weight is 424 g/mol. The van der Waals surface area contributed by atoms with Crippen LogP contribution in [0.25, 0.3) is 0 Å². The summed E-state index contributed by atoms with van der Waals surface area (Å²) in [5.41, 5.74) is 2.94. The van der Waals surface area contributed by atoms with Crippen LogP contribution in [0, 0.1) is 0 Å². The highest BCUT2D eigenvalue weighted by molar-refractivity contribution is 5.48. The number of aryl methyl sites for hydroxylation is 1. The molecular weight excluding hydrogens is 401 g/mol. The lowest BCUT2D eigenvalue weighted by molar-refractivity contribution is -0.137. The van der Waals surface area contributed by atoms with Crippen molar-refractivity contribution in [1.82, 2.24) is 0 Å². The van der Waals surface area contributed by atoms with Crippen LogP contribution in [-0.2, 0) is 12.6 Å². The van der Waals surface area contributed by atoms with Gasteiger partial charge < -0.3 is 0 Å². The van der Waals surface area contributed by atoms with Gasteiger partial charge in [0.05, 0.1) is 28.3 Å². The highest BCUT2D eigenvalue weighted by Crippen LogP contribution is 2.31. The van der Waals surface area contributed by atoms with E-state index in [1.54, 1.807) is 24.3 Å². The van der Waals surface area contributed by atoms with Crippen molar-refractivity contribution in [2.45, 2.75) is 38.8 Å². The minimum Gasteiger partial charge on any atom is -0.166 e. The number of hydrogen-bond acceptors (Lipinski definition) is 4. The van der Waals surface area contributed by atoms with E-state index in [4.69, 9.17) is 0 Å². The van der Waals surface area contributed by atoms with Crippen molar-refractivity contribution in [3.63, 3.8) is 0 Å². The smallest absolute Gasteiger partial charge is 0.166 e. The molecule has 0 saturated carbocycles. The molecule has 0 bridgehead atoms. The van der Waals surface area contributed by atoms with Crippen LogP contribution < -0.4 is 0 Å². The molecule has 0 aliphatic rings. The number of rotatable bonds is 8. The molecule has 3 aromatic rings. The molecule has 0 fully saturated rings. The van der Waals surface area contributed by atoms with E-state index in [1.807, 2.05) is 12.1 Å². The average Bonchev–Trinajstić information content (AvgIpc) is 2.78. The molecule has 0 aromatic heterocycles. The molecule has 3 rings (SSSR count). The van der Waals surface area contributed by atoms with E-state index in [0.29, 0.717) is 17.1 Å². The molecule has 0 aliphatic carbocycles. The second-order valence-electron chi connectivity index (χ2n) is 7.08. The zero-order chi connectivity index (χ0) is 22.1. The summed E-state index contributed by atoms with van der Waals surface area (Å²) in [6.45, 7) is 2.19. The Morgan fingerprint density at radius 1 is 0.581 bits per heavy atom. The van der Waals surface area contributed by atoms with E-state index in [1.165, 1.54) is 37.0 Å². The van der Waals surface area contributed by atoms with Crippen molar-refractivity contribution in [2.75, 3.05) is 0 Å². The molecule has 0 unspecified atom stereocenters. The van der Waals surface area contributed by atoms with Crippen molar-refractivity contribution in [1.29, 1.82) is 0 Å². The normalized spacial score (nSPS) is 12.1. The third-order valence-corrected chi connectivity index (χ3v) is 4.61. The number of nitrogens with zero attached hydrogens (tertiary/aromatic N) is 4. The first-order chi connectivity index (χ1) is 14.9. The van der Waals surface area contributed by atoms with Crippen LogP contribution in [0.15, 0.2) is 93.3 Å². The fourth-order valence-corrected chi connectivity index (χ4v) is 2.84. The minimum atomic E-state index is -4.36. The van der Waals surface area contributed by atoms with E-state index in [9.17, 15) is 13.2 Å². The molecule has 0 atom stereocenters. The topological polar surface area (TPSA) is 49.4 Å². The van der Waals surface area contributed by atoms with Crippen LogP contribution in [0.5, 0.6) is 0 Å². The molecule has 0 N–H and O–H groups in total. The van der Waals surface area contributed by atoms with Crippen LogP contribution >= 0.6 is 0 Å². The lowest BCUT2D eigenvalue weighted by atomic mass is 10.1. The van der Waals surface area contributed by atoms with E-state index in [-0.39, 0.29) is 0 Å². The summed E-state index contributed by atoms with van der Waals surface area (Å²) < 4.78 is 37.8. The van der Waals surface area contributed by atoms with Gasteiger partial charge in [-0.2, -0.15) is 33.6 Å². The Morgan fingerprint density at radius 3 is 1.35 bits per heavy atom. The fourth-order valence-electron chi connectivity index (χ4n) is 2.84. The van der Waals surface area contributed by atoms with Crippen molar-refractivity contribution in [3.05, 3.63) is 83.9 Å². The predicted molar refractivity (Wildman–Crippen MR) is 116 cm³/mol. The summed E-state index contributed by atoms with van der Waals surface area (Å²) in [5.74, 6) is 0. The monoisotopic (exact) mass is 424 g/mol. The zero-order valence-electron chi connectivity index (χ0n) is 17.2. The number of halogens is 3. The second kappa shape index (κ2) is 10.6. The van der Waals surface area contributed by atoms with Gasteiger partial charge in [-0.05, 0) is 79.1 Å². The maximum absolute atomic E-state index is 12.6. The summed E-state index contributed by atoms with van der Waals surface area (Å²) in [5, 5.41) is 16.5. The Kier molecular flexibility index (Phi) is 7.65. The van der Waals surface area contributed by atoms with Crippen LogP contribution in [-0.4, -0.2) is 0 Å². The Balaban J connectivity index is 1.56. The quantitative estimate of drug-likeness (QED) is 0.255. The van der Waals surface area contributed by atoms with Gasteiger partial charge in [-0.15, -0.1) is 0 Å². The van der Waals surface area contributed by atoms with Crippen LogP contribution in [0.3, 0.4) is 0 Å². The molecule has 0 amide bonds. The summed E-state index contributed by atoms with van der Waals surface area (Å²) in [6.07, 6.45) is 0.354. The zero-order valence-corrected chi connectivity index (χ0v) is 17.2. The third-order valence-electron chi connectivity index (χ3n) is 4.61. The molecule has 160 valence electrons. The third kappa shape index (κ3) is 7.13. The van der Waals surface area contributed by atoms with Gasteiger partial charge >= 0.3 is 6.18 Å². The largest absolute Gasteiger partial charge is 0.416 e. The van der Waals surface area contributed by atoms with Crippen LogP contribution in [0.4, 0.5) is 35.9 Å². The molecule has 7 heteroatoms. The SMILES string of the molecule is CCCCCc1ccc(N=Nc2ccc(N=Nc3ccc(C(F)(F)F)cc3)cc2)cc1. The van der Waals surface area contributed by atoms with Gasteiger partial charge in [-0.3, -0.25) is 0 Å². The molecular formula is C24H23F3N4. The van der Waals surface area contributed by atoms with Crippen LogP contribution in [0.1, 0.15) is 37.3 Å². The van der Waals surface area contributed by atoms with Gasteiger partial charge in [0.15, 0.2) is 0 Å². The lowest BCUT2D eigenvalue weighted by Gasteiger charge is -2.05. The van der Waals surface area contributed by atoms with Crippen molar-refractivity contribution >= 4 is 22.7 Å². The number of unbranched alkanes of at least 4 members (excludes halogenated alkanes) is 2. The number of alkyl halides is 3. The van der Waals surface area contributed by atoms with Gasteiger partial charge in [0.25, 0.3) is 0 Å². The standard InChI is InChI=1S/C24H23F3N4/c1-2-3-4-5-18-6-10-20(11-7-18)28-30-22-14-16-23(17-15-22)31-29-21-12-8-19(9-13-21)24(25,26)27/h6-17H,2-5H2,1H3. The molecule has 3 aromatic carbocycles. The van der Waals surface area contributed by atoms with Crippen molar-refractivity contribution in [2.24, 2.45) is 20.5 Å². The number of hydrogen-bond donors (Lipinski definition) is 0. The molecule has 0 saturated heterocycles. The summed E-state index contributed by atoms with van der Waals surface area (Å²) in [7, 11) is 0. The first-order valence-corrected chi connectivity index (χ1v) is 10.1. The van der Waals surface area contributed by atoms with Crippen molar-refractivity contribution < 1.29 is 13.2 Å². The first kappa shape index (κ1) is 22.3. The summed E-state index contributed by atoms with van der Waals surface area (Å²) in [6, 6.07) is 19.5. The minimum absolute atomic E-state index is 0.343. The van der Waals surface area contributed by atoms with E-state index in [0.717, 1.165) is 24.2 Å². The van der Waals surface area contributed by atoms with Crippen LogP contribution in [0.2, 0.25) is 0 Å². The van der Waals surface area contributed by atoms with Gasteiger partial charge in [0, 0.05) is 0 Å². The van der Waals surface area contributed by atoms with Gasteiger partial charge in [-0.1, -0.05) is 31.9 Å². The van der Waals surface area contributed by atoms with E-state index < -0.39 is 11.7 Å². The maximum Gasteiger partial charge on any atom is 0.416 e. The Morgan fingerprint density at radius 2 is 0.968 bits per heavy atom. The lowest BCUT2D eigenvalue weighted by Crippen LogP contribution is -2.03. The van der Waals surface area contributed by atoms with Gasteiger partial charge in [-0.25, -0.2) is 0 Å².